The lowest BCUT2D eigenvalue weighted by Crippen LogP contribution is -2.21. The average Bonchev–Trinajstić information content (AvgIpc) is 2.45. The lowest BCUT2D eigenvalue weighted by molar-refractivity contribution is 0.414. The van der Waals surface area contributed by atoms with E-state index in [1.807, 2.05) is 0 Å². The number of hydrogen-bond donors (Lipinski definition) is 0. The van der Waals surface area contributed by atoms with Crippen molar-refractivity contribution in [2.24, 2.45) is 0 Å². The summed E-state index contributed by atoms with van der Waals surface area (Å²) in [5.41, 5.74) is 0.437. The molecule has 0 N–H and O–H groups in total. The number of hydrogen-bond acceptors (Lipinski definition) is 5. The van der Waals surface area contributed by atoms with Gasteiger partial charge in [-0.15, -0.1) is 0 Å². The van der Waals surface area contributed by atoms with Crippen LogP contribution in [0.5, 0.6) is 5.75 Å². The molecule has 0 amide bonds. The monoisotopic (exact) mass is 302 g/mol. The fraction of sp³-hybridized carbons (Fsp3) is 0.333. The Kier molecular flexibility index (Phi) is 3.69. The van der Waals surface area contributed by atoms with Gasteiger partial charge in [0.15, 0.2) is 19.7 Å². The van der Waals surface area contributed by atoms with Crippen molar-refractivity contribution in [3.05, 3.63) is 41.3 Å². The van der Waals surface area contributed by atoms with Crippen LogP contribution in [-0.2, 0) is 19.7 Å². The van der Waals surface area contributed by atoms with Gasteiger partial charge in [-0.3, -0.25) is 0 Å². The normalized spacial score (nSPS) is 24.6. The molecule has 1 aliphatic rings. The summed E-state index contributed by atoms with van der Waals surface area (Å²) in [6.07, 6.45) is 1.19. The summed E-state index contributed by atoms with van der Waals surface area (Å²) in [5, 5.41) is -0.0762. The quantitative estimate of drug-likeness (QED) is 0.817. The van der Waals surface area contributed by atoms with Crippen molar-refractivity contribution in [2.75, 3.05) is 18.6 Å². The second-order valence-corrected chi connectivity index (χ2v) is 8.46. The minimum absolute atomic E-state index is 0.270. The predicted octanol–water partition coefficient (Wildman–Crippen LogP) is 1.09. The summed E-state index contributed by atoms with van der Waals surface area (Å²) < 4.78 is 52.7. The molecule has 0 saturated heterocycles. The Morgan fingerprint density at radius 3 is 2.63 bits per heavy atom. The Hall–Kier alpha value is -1.34. The zero-order chi connectivity index (χ0) is 14.1. The van der Waals surface area contributed by atoms with E-state index < -0.39 is 30.7 Å². The lowest BCUT2D eigenvalue weighted by atomic mass is 10.1. The van der Waals surface area contributed by atoms with Crippen LogP contribution in [0, 0.1) is 0 Å². The molecule has 104 valence electrons. The molecule has 2 rings (SSSR count). The first kappa shape index (κ1) is 14.1. The van der Waals surface area contributed by atoms with Gasteiger partial charge in [0.1, 0.15) is 11.0 Å². The van der Waals surface area contributed by atoms with Gasteiger partial charge in [-0.05, 0) is 17.7 Å². The average molecular weight is 302 g/mol. The van der Waals surface area contributed by atoms with E-state index in [1.165, 1.54) is 13.2 Å². The highest BCUT2D eigenvalue weighted by Gasteiger charge is 2.33. The van der Waals surface area contributed by atoms with E-state index in [4.69, 9.17) is 4.74 Å². The first-order valence-corrected chi connectivity index (χ1v) is 9.02. The number of benzene rings is 1. The van der Waals surface area contributed by atoms with Gasteiger partial charge in [-0.2, -0.15) is 0 Å². The smallest absolute Gasteiger partial charge is 0.172 e. The summed E-state index contributed by atoms with van der Waals surface area (Å²) in [6.45, 7) is 0. The van der Waals surface area contributed by atoms with Crippen LogP contribution in [0.2, 0.25) is 0 Å². The standard InChI is InChI=1S/C12H14O5S2/c1-17-11-5-2-4-10(8-11)12-9-18(13,14)6-3-7-19(12,15)16/h2-6,8,12H,7,9H2,1H3. The van der Waals surface area contributed by atoms with E-state index >= 15 is 0 Å². The maximum absolute atomic E-state index is 12.1. The first-order valence-electron chi connectivity index (χ1n) is 5.59. The van der Waals surface area contributed by atoms with Crippen molar-refractivity contribution >= 4 is 19.7 Å². The Bertz CT molecular complexity index is 701. The molecule has 7 heteroatoms. The maximum atomic E-state index is 12.1. The van der Waals surface area contributed by atoms with Gasteiger partial charge in [0.2, 0.25) is 0 Å². The molecule has 5 nitrogen and oxygen atoms in total. The second kappa shape index (κ2) is 4.97. The zero-order valence-corrected chi connectivity index (χ0v) is 11.9. The molecule has 1 unspecified atom stereocenters. The van der Waals surface area contributed by atoms with E-state index in [2.05, 4.69) is 0 Å². The molecule has 0 radical (unpaired) electrons. The highest BCUT2D eigenvalue weighted by molar-refractivity contribution is 7.97. The van der Waals surface area contributed by atoms with Crippen molar-refractivity contribution in [1.82, 2.24) is 0 Å². The summed E-state index contributed by atoms with van der Waals surface area (Å²) in [4.78, 5) is 0. The molecule has 0 spiro atoms. The van der Waals surface area contributed by atoms with Gasteiger partial charge in [0.05, 0.1) is 18.6 Å². The largest absolute Gasteiger partial charge is 0.497 e. The lowest BCUT2D eigenvalue weighted by Gasteiger charge is -2.15. The highest BCUT2D eigenvalue weighted by atomic mass is 32.2. The molecule has 0 aliphatic carbocycles. The van der Waals surface area contributed by atoms with Crippen molar-refractivity contribution < 1.29 is 21.6 Å². The van der Waals surface area contributed by atoms with Crippen LogP contribution in [-0.4, -0.2) is 35.5 Å². The van der Waals surface area contributed by atoms with Crippen LogP contribution in [0.4, 0.5) is 0 Å². The highest BCUT2D eigenvalue weighted by Crippen LogP contribution is 2.30. The Balaban J connectivity index is 2.51. The molecule has 1 aromatic carbocycles. The molecular weight excluding hydrogens is 288 g/mol. The molecule has 0 bridgehead atoms. The molecule has 0 fully saturated rings. The third-order valence-corrected chi connectivity index (χ3v) is 6.49. The molecule has 1 aromatic rings. The zero-order valence-electron chi connectivity index (χ0n) is 10.3. The van der Waals surface area contributed by atoms with Crippen LogP contribution in [0.15, 0.2) is 35.7 Å². The molecule has 1 aliphatic heterocycles. The van der Waals surface area contributed by atoms with Crippen LogP contribution >= 0.6 is 0 Å². The minimum atomic E-state index is -3.53. The summed E-state index contributed by atoms with van der Waals surface area (Å²) in [5.74, 6) is -0.199. The second-order valence-electron chi connectivity index (χ2n) is 4.30. The first-order chi connectivity index (χ1) is 8.84. The maximum Gasteiger partial charge on any atom is 0.172 e. The molecule has 19 heavy (non-hydrogen) atoms. The van der Waals surface area contributed by atoms with E-state index in [0.29, 0.717) is 11.3 Å². The number of ether oxygens (including phenoxy) is 1. The van der Waals surface area contributed by atoms with E-state index in [1.54, 1.807) is 24.3 Å². The fourth-order valence-electron chi connectivity index (χ4n) is 1.95. The molecule has 0 aromatic heterocycles. The molecular formula is C12H14O5S2. The Morgan fingerprint density at radius 2 is 1.95 bits per heavy atom. The van der Waals surface area contributed by atoms with E-state index in [0.717, 1.165) is 5.41 Å². The number of sulfone groups is 2. The number of rotatable bonds is 2. The van der Waals surface area contributed by atoms with Gasteiger partial charge < -0.3 is 4.74 Å². The topological polar surface area (TPSA) is 77.5 Å². The van der Waals surface area contributed by atoms with Crippen LogP contribution < -0.4 is 4.74 Å². The van der Waals surface area contributed by atoms with Crippen LogP contribution in [0.1, 0.15) is 10.8 Å². The summed E-state index contributed by atoms with van der Waals surface area (Å²) in [6, 6.07) is 6.49. The fourth-order valence-corrected chi connectivity index (χ4v) is 5.74. The Labute approximate surface area is 112 Å². The minimum Gasteiger partial charge on any atom is -0.497 e. The number of methoxy groups -OCH3 is 1. The van der Waals surface area contributed by atoms with Crippen molar-refractivity contribution in [2.45, 2.75) is 5.25 Å². The summed E-state index contributed by atoms with van der Waals surface area (Å²) in [7, 11) is -5.57. The van der Waals surface area contributed by atoms with Gasteiger partial charge in [0, 0.05) is 5.41 Å². The Morgan fingerprint density at radius 1 is 1.21 bits per heavy atom. The SMILES string of the molecule is COc1cccc(C2CS(=O)(=O)C=CCS2(=O)=O)c1. The molecule has 0 saturated carbocycles. The third kappa shape index (κ3) is 3.16. The molecule has 1 atom stereocenters. The van der Waals surface area contributed by atoms with Crippen LogP contribution in [0.3, 0.4) is 0 Å². The summed E-state index contributed by atoms with van der Waals surface area (Å²) >= 11 is 0. The predicted molar refractivity (Wildman–Crippen MR) is 72.4 cm³/mol. The van der Waals surface area contributed by atoms with Gasteiger partial charge in [-0.25, -0.2) is 16.8 Å². The van der Waals surface area contributed by atoms with Crippen molar-refractivity contribution in [3.63, 3.8) is 0 Å². The van der Waals surface area contributed by atoms with Crippen molar-refractivity contribution in [3.8, 4) is 5.75 Å². The van der Waals surface area contributed by atoms with Gasteiger partial charge in [-0.1, -0.05) is 18.2 Å². The van der Waals surface area contributed by atoms with Gasteiger partial charge >= 0.3 is 0 Å². The van der Waals surface area contributed by atoms with Crippen molar-refractivity contribution in [1.29, 1.82) is 0 Å². The molecule has 1 heterocycles. The third-order valence-electron chi connectivity index (χ3n) is 2.91. The van der Waals surface area contributed by atoms with E-state index in [9.17, 15) is 16.8 Å². The van der Waals surface area contributed by atoms with Crippen LogP contribution in [0.25, 0.3) is 0 Å². The van der Waals surface area contributed by atoms with Gasteiger partial charge in [0.25, 0.3) is 0 Å². The van der Waals surface area contributed by atoms with E-state index in [-0.39, 0.29) is 5.75 Å².